The lowest BCUT2D eigenvalue weighted by Gasteiger charge is -2.36. The van der Waals surface area contributed by atoms with Gasteiger partial charge in [0.2, 0.25) is 0 Å². The first-order chi connectivity index (χ1) is 9.15. The summed E-state index contributed by atoms with van der Waals surface area (Å²) in [4.78, 5) is 12.8. The maximum absolute atomic E-state index is 12.8. The average molecular weight is 256 g/mol. The minimum absolute atomic E-state index is 0.213. The molecule has 0 saturated heterocycles. The van der Waals surface area contributed by atoms with E-state index in [1.54, 1.807) is 0 Å². The highest BCUT2D eigenvalue weighted by Gasteiger charge is 2.39. The Kier molecular flexibility index (Phi) is 4.57. The van der Waals surface area contributed by atoms with E-state index in [1.807, 2.05) is 13.0 Å². The van der Waals surface area contributed by atoms with Gasteiger partial charge in [-0.05, 0) is 31.7 Å². The zero-order valence-electron chi connectivity index (χ0n) is 12.0. The van der Waals surface area contributed by atoms with Gasteiger partial charge in [0.05, 0.1) is 5.41 Å². The highest BCUT2D eigenvalue weighted by molar-refractivity contribution is 5.90. The van der Waals surface area contributed by atoms with E-state index in [4.69, 9.17) is 0 Å². The number of Topliss-reactive ketones (excluding diaryl/α,β-unsaturated/α-hetero) is 1. The molecule has 2 rings (SSSR count). The summed E-state index contributed by atoms with van der Waals surface area (Å²) in [6, 6.07) is 10.4. The SMILES string of the molecule is C=C(C)CCC(=O)C1(c2ccccc2)CCCCC1. The maximum Gasteiger partial charge on any atom is 0.143 e. The van der Waals surface area contributed by atoms with E-state index in [1.165, 1.54) is 24.8 Å². The Morgan fingerprint density at radius 3 is 2.32 bits per heavy atom. The largest absolute Gasteiger partial charge is 0.299 e. The van der Waals surface area contributed by atoms with Crippen LogP contribution in [0.2, 0.25) is 0 Å². The number of carbonyl (C=O) groups is 1. The van der Waals surface area contributed by atoms with E-state index in [0.717, 1.165) is 24.8 Å². The van der Waals surface area contributed by atoms with Gasteiger partial charge in [-0.3, -0.25) is 4.79 Å². The Hall–Kier alpha value is -1.37. The second kappa shape index (κ2) is 6.18. The molecule has 0 N–H and O–H groups in total. The van der Waals surface area contributed by atoms with Crippen LogP contribution in [0.25, 0.3) is 0 Å². The van der Waals surface area contributed by atoms with Crippen molar-refractivity contribution in [3.05, 3.63) is 48.0 Å². The van der Waals surface area contributed by atoms with Crippen LogP contribution in [-0.2, 0) is 10.2 Å². The summed E-state index contributed by atoms with van der Waals surface area (Å²) in [7, 11) is 0. The third kappa shape index (κ3) is 3.15. The first-order valence-corrected chi connectivity index (χ1v) is 7.38. The highest BCUT2D eigenvalue weighted by Crippen LogP contribution is 2.41. The van der Waals surface area contributed by atoms with E-state index in [9.17, 15) is 4.79 Å². The van der Waals surface area contributed by atoms with E-state index < -0.39 is 0 Å². The number of allylic oxidation sites excluding steroid dienone is 1. The molecule has 0 radical (unpaired) electrons. The number of hydrogen-bond acceptors (Lipinski definition) is 1. The van der Waals surface area contributed by atoms with Crippen LogP contribution in [0.5, 0.6) is 0 Å². The molecule has 0 aromatic heterocycles. The van der Waals surface area contributed by atoms with Gasteiger partial charge in [-0.15, -0.1) is 6.58 Å². The van der Waals surface area contributed by atoms with Crippen molar-refractivity contribution in [3.8, 4) is 0 Å². The van der Waals surface area contributed by atoms with Gasteiger partial charge in [-0.25, -0.2) is 0 Å². The van der Waals surface area contributed by atoms with Crippen LogP contribution in [0.4, 0.5) is 0 Å². The van der Waals surface area contributed by atoms with Crippen molar-refractivity contribution < 1.29 is 4.79 Å². The van der Waals surface area contributed by atoms with Crippen molar-refractivity contribution >= 4 is 5.78 Å². The van der Waals surface area contributed by atoms with Gasteiger partial charge in [0.25, 0.3) is 0 Å². The molecule has 19 heavy (non-hydrogen) atoms. The molecular formula is C18H24O. The zero-order chi connectivity index (χ0) is 13.7. The van der Waals surface area contributed by atoms with Crippen LogP contribution in [0.1, 0.15) is 57.4 Å². The molecule has 1 heteroatoms. The lowest BCUT2D eigenvalue weighted by molar-refractivity contribution is -0.125. The highest BCUT2D eigenvalue weighted by atomic mass is 16.1. The van der Waals surface area contributed by atoms with Crippen LogP contribution in [0.15, 0.2) is 42.5 Å². The Morgan fingerprint density at radius 2 is 1.74 bits per heavy atom. The van der Waals surface area contributed by atoms with Crippen molar-refractivity contribution in [2.75, 3.05) is 0 Å². The van der Waals surface area contributed by atoms with Gasteiger partial charge in [-0.1, -0.05) is 55.2 Å². The van der Waals surface area contributed by atoms with E-state index in [-0.39, 0.29) is 5.41 Å². The fourth-order valence-electron chi connectivity index (χ4n) is 3.21. The van der Waals surface area contributed by atoms with Gasteiger partial charge >= 0.3 is 0 Å². The molecule has 1 aromatic carbocycles. The normalized spacial score (nSPS) is 17.9. The fraction of sp³-hybridized carbons (Fsp3) is 0.500. The smallest absolute Gasteiger partial charge is 0.143 e. The van der Waals surface area contributed by atoms with Crippen LogP contribution >= 0.6 is 0 Å². The molecule has 1 aliphatic carbocycles. The van der Waals surface area contributed by atoms with E-state index >= 15 is 0 Å². The molecule has 1 nitrogen and oxygen atoms in total. The fourth-order valence-corrected chi connectivity index (χ4v) is 3.21. The predicted molar refractivity (Wildman–Crippen MR) is 80.3 cm³/mol. The molecule has 0 aliphatic heterocycles. The van der Waals surface area contributed by atoms with Gasteiger partial charge in [0.1, 0.15) is 5.78 Å². The number of hydrogen-bond donors (Lipinski definition) is 0. The molecule has 102 valence electrons. The molecule has 0 spiro atoms. The van der Waals surface area contributed by atoms with Crippen LogP contribution in [0, 0.1) is 0 Å². The molecule has 0 heterocycles. The molecule has 1 aliphatic rings. The molecule has 0 amide bonds. The second-order valence-corrected chi connectivity index (χ2v) is 5.89. The molecule has 1 saturated carbocycles. The van der Waals surface area contributed by atoms with Gasteiger partial charge in [0, 0.05) is 6.42 Å². The Labute approximate surface area is 116 Å². The first kappa shape index (κ1) is 14.0. The van der Waals surface area contributed by atoms with Crippen molar-refractivity contribution in [2.45, 2.75) is 57.3 Å². The van der Waals surface area contributed by atoms with Crippen LogP contribution < -0.4 is 0 Å². The summed E-state index contributed by atoms with van der Waals surface area (Å²) in [6.45, 7) is 5.92. The minimum atomic E-state index is -0.213. The van der Waals surface area contributed by atoms with Crippen molar-refractivity contribution in [3.63, 3.8) is 0 Å². The lowest BCUT2D eigenvalue weighted by atomic mass is 9.66. The topological polar surface area (TPSA) is 17.1 Å². The number of rotatable bonds is 5. The Balaban J connectivity index is 2.24. The molecular weight excluding hydrogens is 232 g/mol. The predicted octanol–water partition coefficient (Wildman–Crippen LogP) is 4.81. The summed E-state index contributed by atoms with van der Waals surface area (Å²) in [5, 5.41) is 0. The minimum Gasteiger partial charge on any atom is -0.299 e. The molecule has 1 fully saturated rings. The van der Waals surface area contributed by atoms with Crippen LogP contribution in [-0.4, -0.2) is 5.78 Å². The average Bonchev–Trinajstić information content (AvgIpc) is 2.46. The van der Waals surface area contributed by atoms with Gasteiger partial charge in [-0.2, -0.15) is 0 Å². The summed E-state index contributed by atoms with van der Waals surface area (Å²) >= 11 is 0. The monoisotopic (exact) mass is 256 g/mol. The molecule has 0 bridgehead atoms. The van der Waals surface area contributed by atoms with E-state index in [0.29, 0.717) is 12.2 Å². The molecule has 0 atom stereocenters. The summed E-state index contributed by atoms with van der Waals surface area (Å²) in [5.41, 5.74) is 2.11. The Bertz CT molecular complexity index is 438. The van der Waals surface area contributed by atoms with Crippen molar-refractivity contribution in [1.29, 1.82) is 0 Å². The first-order valence-electron chi connectivity index (χ1n) is 7.38. The van der Waals surface area contributed by atoms with Crippen molar-refractivity contribution in [1.82, 2.24) is 0 Å². The Morgan fingerprint density at radius 1 is 1.11 bits per heavy atom. The third-order valence-electron chi connectivity index (χ3n) is 4.35. The number of ketones is 1. The summed E-state index contributed by atoms with van der Waals surface area (Å²) in [6.07, 6.45) is 7.12. The lowest BCUT2D eigenvalue weighted by Crippen LogP contribution is -2.38. The van der Waals surface area contributed by atoms with Gasteiger partial charge < -0.3 is 0 Å². The quantitative estimate of drug-likeness (QED) is 0.691. The standard InChI is InChI=1S/C18H24O/c1-15(2)11-12-17(19)18(13-7-4-8-14-18)16-9-5-3-6-10-16/h3,5-6,9-10H,1,4,7-8,11-14H2,2H3. The third-order valence-corrected chi connectivity index (χ3v) is 4.35. The van der Waals surface area contributed by atoms with E-state index in [2.05, 4.69) is 30.8 Å². The number of benzene rings is 1. The van der Waals surface area contributed by atoms with Gasteiger partial charge in [0.15, 0.2) is 0 Å². The number of carbonyl (C=O) groups excluding carboxylic acids is 1. The molecule has 1 aromatic rings. The molecule has 0 unspecified atom stereocenters. The zero-order valence-corrected chi connectivity index (χ0v) is 12.0. The maximum atomic E-state index is 12.8. The summed E-state index contributed by atoms with van der Waals surface area (Å²) in [5.74, 6) is 0.418. The summed E-state index contributed by atoms with van der Waals surface area (Å²) < 4.78 is 0. The van der Waals surface area contributed by atoms with Crippen molar-refractivity contribution in [2.24, 2.45) is 0 Å². The second-order valence-electron chi connectivity index (χ2n) is 5.89. The van der Waals surface area contributed by atoms with Crippen LogP contribution in [0.3, 0.4) is 0 Å².